The maximum Gasteiger partial charge on any atom is 0.305 e. The molecule has 1 aromatic carbocycles. The molecule has 2 aromatic rings. The summed E-state index contributed by atoms with van der Waals surface area (Å²) in [6, 6.07) is 6.08. The van der Waals surface area contributed by atoms with E-state index in [1.807, 2.05) is 57.5 Å². The van der Waals surface area contributed by atoms with E-state index in [2.05, 4.69) is 20.4 Å². The first kappa shape index (κ1) is 30.2. The Kier molecular flexibility index (Phi) is 10.2. The highest BCUT2D eigenvalue weighted by Gasteiger charge is 2.44. The number of benzene rings is 1. The third-order valence-corrected chi connectivity index (χ3v) is 7.70. The van der Waals surface area contributed by atoms with Gasteiger partial charge in [-0.3, -0.25) is 19.2 Å². The van der Waals surface area contributed by atoms with Crippen molar-refractivity contribution in [2.75, 3.05) is 13.7 Å². The van der Waals surface area contributed by atoms with Crippen LogP contribution in [0.1, 0.15) is 57.7 Å². The lowest BCUT2D eigenvalue weighted by Gasteiger charge is -2.35. The van der Waals surface area contributed by atoms with Crippen LogP contribution in [0.2, 0.25) is 0 Å². The quantitative estimate of drug-likeness (QED) is 0.381. The molecule has 0 saturated carbocycles. The van der Waals surface area contributed by atoms with E-state index < -0.39 is 35.5 Å². The van der Waals surface area contributed by atoms with Gasteiger partial charge in [0.05, 0.1) is 29.3 Å². The second kappa shape index (κ2) is 13.2. The number of thiazole rings is 1. The highest BCUT2D eigenvalue weighted by molar-refractivity contribution is 7.13. The zero-order valence-corrected chi connectivity index (χ0v) is 24.0. The average Bonchev–Trinajstić information content (AvgIpc) is 3.50. The van der Waals surface area contributed by atoms with Crippen molar-refractivity contribution in [2.45, 2.75) is 78.1 Å². The minimum Gasteiger partial charge on any atom is -0.469 e. The van der Waals surface area contributed by atoms with Crippen LogP contribution in [0.25, 0.3) is 10.4 Å². The van der Waals surface area contributed by atoms with Gasteiger partial charge in [-0.15, -0.1) is 11.3 Å². The number of hydrogen-bond donors (Lipinski definition) is 3. The summed E-state index contributed by atoms with van der Waals surface area (Å²) < 4.78 is 4.60. The van der Waals surface area contributed by atoms with E-state index in [-0.39, 0.29) is 44.2 Å². The predicted octanol–water partition coefficient (Wildman–Crippen LogP) is 2.57. The number of amides is 3. The molecule has 1 aliphatic rings. The van der Waals surface area contributed by atoms with Crippen molar-refractivity contribution < 1.29 is 29.0 Å². The predicted molar refractivity (Wildman–Crippen MR) is 148 cm³/mol. The van der Waals surface area contributed by atoms with Crippen LogP contribution in [0.3, 0.4) is 0 Å². The maximum absolute atomic E-state index is 13.6. The van der Waals surface area contributed by atoms with E-state index in [0.717, 1.165) is 21.7 Å². The number of likely N-dealkylation sites (tertiary alicyclic amines) is 1. The van der Waals surface area contributed by atoms with Gasteiger partial charge in [-0.1, -0.05) is 45.0 Å². The fourth-order valence-electron chi connectivity index (χ4n) is 4.51. The number of aryl methyl sites for hydroxylation is 1. The van der Waals surface area contributed by atoms with Crippen molar-refractivity contribution in [3.63, 3.8) is 0 Å². The summed E-state index contributed by atoms with van der Waals surface area (Å²) in [6.45, 7) is 7.71. The van der Waals surface area contributed by atoms with Gasteiger partial charge in [-0.05, 0) is 29.9 Å². The summed E-state index contributed by atoms with van der Waals surface area (Å²) in [6.07, 6.45) is -0.273. The van der Waals surface area contributed by atoms with Gasteiger partial charge < -0.3 is 25.4 Å². The highest BCUT2D eigenvalue weighted by Crippen LogP contribution is 2.28. The van der Waals surface area contributed by atoms with Crippen LogP contribution in [0.5, 0.6) is 0 Å². The molecule has 1 saturated heterocycles. The highest BCUT2D eigenvalue weighted by atomic mass is 32.1. The van der Waals surface area contributed by atoms with Crippen LogP contribution in [0.15, 0.2) is 29.8 Å². The molecule has 0 aliphatic carbocycles. The second-order valence-corrected chi connectivity index (χ2v) is 11.7. The number of aliphatic hydroxyl groups is 1. The van der Waals surface area contributed by atoms with Crippen LogP contribution in [0, 0.1) is 12.3 Å². The second-order valence-electron chi connectivity index (χ2n) is 10.9. The Balaban J connectivity index is 1.63. The first-order valence-electron chi connectivity index (χ1n) is 13.0. The molecule has 11 heteroatoms. The van der Waals surface area contributed by atoms with Crippen molar-refractivity contribution in [2.24, 2.45) is 5.41 Å². The van der Waals surface area contributed by atoms with Crippen molar-refractivity contribution in [1.29, 1.82) is 0 Å². The third-order valence-electron chi connectivity index (χ3n) is 6.72. The zero-order valence-electron chi connectivity index (χ0n) is 23.2. The van der Waals surface area contributed by atoms with Gasteiger partial charge in [0.1, 0.15) is 12.1 Å². The Hall–Kier alpha value is -3.31. The lowest BCUT2D eigenvalue weighted by molar-refractivity contribution is -0.144. The molecule has 1 fully saturated rings. The van der Waals surface area contributed by atoms with Gasteiger partial charge in [0.15, 0.2) is 0 Å². The molecule has 0 radical (unpaired) electrons. The van der Waals surface area contributed by atoms with Crippen LogP contribution in [-0.2, 0) is 30.5 Å². The monoisotopic (exact) mass is 558 g/mol. The molecular formula is C28H38N4O6S. The summed E-state index contributed by atoms with van der Waals surface area (Å²) in [5.41, 5.74) is 4.08. The summed E-state index contributed by atoms with van der Waals surface area (Å²) in [5.74, 6) is -1.56. The molecular weight excluding hydrogens is 520 g/mol. The van der Waals surface area contributed by atoms with Gasteiger partial charge in [-0.2, -0.15) is 0 Å². The molecule has 212 valence electrons. The fourth-order valence-corrected chi connectivity index (χ4v) is 5.32. The van der Waals surface area contributed by atoms with Crippen molar-refractivity contribution in [3.8, 4) is 10.4 Å². The Bertz CT molecular complexity index is 1170. The topological polar surface area (TPSA) is 138 Å². The lowest BCUT2D eigenvalue weighted by atomic mass is 9.85. The van der Waals surface area contributed by atoms with E-state index in [1.54, 1.807) is 11.3 Å². The number of rotatable bonds is 10. The number of aromatic nitrogens is 1. The molecule has 3 atom stereocenters. The van der Waals surface area contributed by atoms with Crippen molar-refractivity contribution in [3.05, 3.63) is 41.0 Å². The first-order valence-corrected chi connectivity index (χ1v) is 13.9. The minimum absolute atomic E-state index is 0.00457. The minimum atomic E-state index is -0.911. The molecule has 3 N–H and O–H groups in total. The smallest absolute Gasteiger partial charge is 0.305 e. The summed E-state index contributed by atoms with van der Waals surface area (Å²) in [4.78, 5) is 57.4. The Labute approximate surface area is 233 Å². The number of carbonyl (C=O) groups is 4. The summed E-state index contributed by atoms with van der Waals surface area (Å²) in [5, 5.41) is 16.0. The number of ether oxygens (including phenoxy) is 1. The Morgan fingerprint density at radius 3 is 2.46 bits per heavy atom. The maximum atomic E-state index is 13.6. The molecule has 10 nitrogen and oxygen atoms in total. The van der Waals surface area contributed by atoms with Gasteiger partial charge >= 0.3 is 5.97 Å². The van der Waals surface area contributed by atoms with Gasteiger partial charge in [0.25, 0.3) is 0 Å². The first-order chi connectivity index (χ1) is 18.4. The molecule has 1 aliphatic heterocycles. The van der Waals surface area contributed by atoms with E-state index in [0.29, 0.717) is 6.42 Å². The van der Waals surface area contributed by atoms with Crippen molar-refractivity contribution in [1.82, 2.24) is 20.5 Å². The number of β-amino-alcohol motifs (C(OH)–C–C–N with tert-alkyl or cyclic N) is 1. The molecule has 1 aromatic heterocycles. The van der Waals surface area contributed by atoms with E-state index in [1.165, 1.54) is 12.0 Å². The van der Waals surface area contributed by atoms with Crippen LogP contribution >= 0.6 is 11.3 Å². The fraction of sp³-hybridized carbons (Fsp3) is 0.536. The number of nitrogens with one attached hydrogen (secondary N) is 2. The Morgan fingerprint density at radius 2 is 1.87 bits per heavy atom. The van der Waals surface area contributed by atoms with Crippen molar-refractivity contribution >= 4 is 35.0 Å². The van der Waals surface area contributed by atoms with E-state index in [9.17, 15) is 24.3 Å². The number of nitrogens with zero attached hydrogens (tertiary/aromatic N) is 2. The standard InChI is InChI=1S/C28H38N4O6S/c1-17-24(39-16-30-17)19-11-9-18(10-12-19)14-29-26(36)21-13-20(33)15-32(21)27(37)25(28(2,3)4)31-22(34)7-6-8-23(35)38-5/h9-12,16,20-21,25,33H,6-8,13-15H2,1-5H3,(H,29,36)(H,31,34)/t20-,21+,25-/m1/s1. The number of methoxy groups -OCH3 is 1. The van der Waals surface area contributed by atoms with Gasteiger partial charge in [0, 0.05) is 32.4 Å². The molecule has 0 unspecified atom stereocenters. The third kappa shape index (κ3) is 8.09. The van der Waals surface area contributed by atoms with Gasteiger partial charge in [0.2, 0.25) is 17.7 Å². The molecule has 0 bridgehead atoms. The molecule has 2 heterocycles. The molecule has 39 heavy (non-hydrogen) atoms. The largest absolute Gasteiger partial charge is 0.469 e. The van der Waals surface area contributed by atoms with Gasteiger partial charge in [-0.25, -0.2) is 4.98 Å². The molecule has 0 spiro atoms. The van der Waals surface area contributed by atoms with Crippen LogP contribution < -0.4 is 10.6 Å². The lowest BCUT2D eigenvalue weighted by Crippen LogP contribution is -2.57. The SMILES string of the molecule is COC(=O)CCCC(=O)N[C@H](C(=O)N1C[C@H](O)C[C@H]1C(=O)NCc1ccc(-c2scnc2C)cc1)C(C)(C)C. The number of hydrogen-bond acceptors (Lipinski definition) is 8. The Morgan fingerprint density at radius 1 is 1.18 bits per heavy atom. The number of esters is 1. The molecule has 3 amide bonds. The average molecular weight is 559 g/mol. The van der Waals surface area contributed by atoms with E-state index in [4.69, 9.17) is 0 Å². The van der Waals surface area contributed by atoms with E-state index >= 15 is 0 Å². The number of carbonyl (C=O) groups excluding carboxylic acids is 4. The van der Waals surface area contributed by atoms with Crippen LogP contribution in [-0.4, -0.2) is 70.5 Å². The summed E-state index contributed by atoms with van der Waals surface area (Å²) in [7, 11) is 1.29. The zero-order chi connectivity index (χ0) is 28.7. The normalized spacial score (nSPS) is 17.9. The van der Waals surface area contributed by atoms with Crippen LogP contribution in [0.4, 0.5) is 0 Å². The molecule has 3 rings (SSSR count). The number of aliphatic hydroxyl groups excluding tert-OH is 1. The summed E-state index contributed by atoms with van der Waals surface area (Å²) >= 11 is 1.57.